The molecule has 1 aliphatic rings. The summed E-state index contributed by atoms with van der Waals surface area (Å²) in [7, 11) is 0. The predicted molar refractivity (Wildman–Crippen MR) is 146 cm³/mol. The van der Waals surface area contributed by atoms with E-state index in [1.165, 1.54) is 17.1 Å². The van der Waals surface area contributed by atoms with E-state index >= 15 is 0 Å². The van der Waals surface area contributed by atoms with E-state index in [0.717, 1.165) is 47.2 Å². The van der Waals surface area contributed by atoms with Crippen LogP contribution in [0.1, 0.15) is 42.8 Å². The Morgan fingerprint density at radius 1 is 1.11 bits per heavy atom. The van der Waals surface area contributed by atoms with Crippen LogP contribution >= 0.6 is 23.3 Å². The maximum atomic E-state index is 11.6. The third-order valence-corrected chi connectivity index (χ3v) is 8.08. The lowest BCUT2D eigenvalue weighted by Crippen LogP contribution is -2.36. The third-order valence-electron chi connectivity index (χ3n) is 6.30. The summed E-state index contributed by atoms with van der Waals surface area (Å²) < 4.78 is 10.9. The molecule has 1 aromatic carbocycles. The summed E-state index contributed by atoms with van der Waals surface area (Å²) in [5.41, 5.74) is 2.00. The average Bonchev–Trinajstić information content (AvgIpc) is 3.37. The molecule has 37 heavy (non-hydrogen) atoms. The topological polar surface area (TPSA) is 93.1 Å². The molecule has 4 aromatic rings. The van der Waals surface area contributed by atoms with Gasteiger partial charge in [-0.2, -0.15) is 4.37 Å². The zero-order valence-electron chi connectivity index (χ0n) is 21.0. The number of nitrogens with one attached hydrogen (secondary N) is 1. The summed E-state index contributed by atoms with van der Waals surface area (Å²) in [6, 6.07) is 14.0. The first-order valence-electron chi connectivity index (χ1n) is 12.2. The highest BCUT2D eigenvalue weighted by atomic mass is 32.2. The van der Waals surface area contributed by atoms with Crippen molar-refractivity contribution >= 4 is 40.2 Å². The van der Waals surface area contributed by atoms with E-state index in [0.29, 0.717) is 22.4 Å². The molecule has 4 heterocycles. The molecule has 1 amide bonds. The van der Waals surface area contributed by atoms with Crippen molar-refractivity contribution in [2.75, 3.05) is 18.4 Å². The number of nitrogens with zero attached hydrogens (tertiary/aromatic N) is 5. The van der Waals surface area contributed by atoms with Crippen LogP contribution in [0.3, 0.4) is 0 Å². The zero-order chi connectivity index (χ0) is 25.8. The molecule has 10 heteroatoms. The number of carbonyl (C=O) groups is 1. The number of aryl methyl sites for hydroxylation is 2. The third kappa shape index (κ3) is 6.08. The van der Waals surface area contributed by atoms with Gasteiger partial charge in [0.25, 0.3) is 0 Å². The minimum Gasteiger partial charge on any atom is -0.452 e. The molecular formula is C27H28N6O2S2. The van der Waals surface area contributed by atoms with Crippen molar-refractivity contribution in [1.82, 2.24) is 24.2 Å². The van der Waals surface area contributed by atoms with Gasteiger partial charge in [0.2, 0.25) is 11.0 Å². The Bertz CT molecular complexity index is 1400. The SMILES string of the molecule is CC(=O)N1CCC(c2nsc(Nc3ncc(Sc4ccccc4C)cc3Oc3cccnc3C)n2)CC1. The Morgan fingerprint density at radius 3 is 2.68 bits per heavy atom. The number of piperidine rings is 1. The molecule has 0 saturated carbocycles. The van der Waals surface area contributed by atoms with Crippen molar-refractivity contribution in [2.45, 2.75) is 49.3 Å². The molecule has 5 rings (SSSR count). The van der Waals surface area contributed by atoms with Crippen molar-refractivity contribution in [1.29, 1.82) is 0 Å². The Labute approximate surface area is 224 Å². The van der Waals surface area contributed by atoms with Gasteiger partial charge in [-0.15, -0.1) is 0 Å². The van der Waals surface area contributed by atoms with Crippen LogP contribution in [0.4, 0.5) is 10.9 Å². The van der Waals surface area contributed by atoms with Gasteiger partial charge in [0.15, 0.2) is 11.6 Å². The first-order chi connectivity index (χ1) is 18.0. The molecule has 190 valence electrons. The molecule has 1 fully saturated rings. The number of hydrogen-bond acceptors (Lipinski definition) is 9. The number of benzene rings is 1. The van der Waals surface area contributed by atoms with Crippen molar-refractivity contribution < 1.29 is 9.53 Å². The van der Waals surface area contributed by atoms with E-state index in [1.54, 1.807) is 24.9 Å². The highest BCUT2D eigenvalue weighted by molar-refractivity contribution is 7.99. The second-order valence-electron chi connectivity index (χ2n) is 8.94. The Morgan fingerprint density at radius 2 is 1.92 bits per heavy atom. The van der Waals surface area contributed by atoms with E-state index in [2.05, 4.69) is 33.7 Å². The van der Waals surface area contributed by atoms with E-state index in [4.69, 9.17) is 14.7 Å². The summed E-state index contributed by atoms with van der Waals surface area (Å²) in [6.45, 7) is 7.11. The van der Waals surface area contributed by atoms with Crippen LogP contribution in [0.15, 0.2) is 64.6 Å². The minimum absolute atomic E-state index is 0.124. The molecule has 1 N–H and O–H groups in total. The van der Waals surface area contributed by atoms with E-state index < -0.39 is 0 Å². The first-order valence-corrected chi connectivity index (χ1v) is 13.7. The van der Waals surface area contributed by atoms with Gasteiger partial charge in [0.1, 0.15) is 11.6 Å². The lowest BCUT2D eigenvalue weighted by Gasteiger charge is -2.29. The number of ether oxygens (including phenoxy) is 1. The fourth-order valence-corrected chi connectivity index (χ4v) is 5.70. The van der Waals surface area contributed by atoms with E-state index in [-0.39, 0.29) is 11.8 Å². The van der Waals surface area contributed by atoms with E-state index in [9.17, 15) is 4.79 Å². The molecule has 1 aliphatic heterocycles. The molecule has 0 spiro atoms. The fraction of sp³-hybridized carbons (Fsp3) is 0.296. The van der Waals surface area contributed by atoms with Crippen molar-refractivity contribution in [3.63, 3.8) is 0 Å². The van der Waals surface area contributed by atoms with Gasteiger partial charge >= 0.3 is 0 Å². The highest BCUT2D eigenvalue weighted by Gasteiger charge is 2.25. The van der Waals surface area contributed by atoms with Crippen LogP contribution in [0.5, 0.6) is 11.5 Å². The maximum Gasteiger partial charge on any atom is 0.219 e. The number of likely N-dealkylation sites (tertiary alicyclic amines) is 1. The van der Waals surface area contributed by atoms with Gasteiger partial charge in [-0.25, -0.2) is 9.97 Å². The summed E-state index contributed by atoms with van der Waals surface area (Å²) in [4.78, 5) is 29.4. The largest absolute Gasteiger partial charge is 0.452 e. The Kier molecular flexibility index (Phi) is 7.66. The number of aromatic nitrogens is 4. The quantitative estimate of drug-likeness (QED) is 0.294. The number of rotatable bonds is 7. The van der Waals surface area contributed by atoms with Crippen molar-refractivity contribution in [3.05, 3.63) is 71.9 Å². The van der Waals surface area contributed by atoms with Crippen LogP contribution < -0.4 is 10.1 Å². The number of amides is 1. The van der Waals surface area contributed by atoms with Gasteiger partial charge < -0.3 is 15.0 Å². The molecule has 8 nitrogen and oxygen atoms in total. The van der Waals surface area contributed by atoms with Crippen molar-refractivity contribution in [3.8, 4) is 11.5 Å². The Balaban J connectivity index is 1.38. The number of anilines is 2. The first kappa shape index (κ1) is 25.2. The molecule has 0 radical (unpaired) electrons. The molecule has 0 aliphatic carbocycles. The van der Waals surface area contributed by atoms with Crippen LogP contribution in [0.25, 0.3) is 0 Å². The van der Waals surface area contributed by atoms with Crippen LogP contribution in [-0.2, 0) is 4.79 Å². The summed E-state index contributed by atoms with van der Waals surface area (Å²) in [5.74, 6) is 3.00. The normalized spacial score (nSPS) is 14.0. The molecule has 0 unspecified atom stereocenters. The Hall–Kier alpha value is -3.50. The number of hydrogen-bond donors (Lipinski definition) is 1. The predicted octanol–water partition coefficient (Wildman–Crippen LogP) is 6.36. The average molecular weight is 533 g/mol. The van der Waals surface area contributed by atoms with E-state index in [1.807, 2.05) is 48.4 Å². The lowest BCUT2D eigenvalue weighted by atomic mass is 9.96. The van der Waals surface area contributed by atoms with Gasteiger partial charge in [0.05, 0.1) is 5.69 Å². The van der Waals surface area contributed by atoms with Crippen molar-refractivity contribution in [2.24, 2.45) is 0 Å². The van der Waals surface area contributed by atoms with Crippen LogP contribution in [-0.4, -0.2) is 43.2 Å². The van der Waals surface area contributed by atoms with Crippen LogP contribution in [0.2, 0.25) is 0 Å². The molecule has 3 aromatic heterocycles. The highest BCUT2D eigenvalue weighted by Crippen LogP contribution is 2.38. The molecule has 1 saturated heterocycles. The van der Waals surface area contributed by atoms with Gasteiger partial charge in [-0.1, -0.05) is 30.0 Å². The smallest absolute Gasteiger partial charge is 0.219 e. The fourth-order valence-electron chi connectivity index (χ4n) is 4.15. The summed E-state index contributed by atoms with van der Waals surface area (Å²) >= 11 is 2.95. The molecular weight excluding hydrogens is 504 g/mol. The maximum absolute atomic E-state index is 11.6. The summed E-state index contributed by atoms with van der Waals surface area (Å²) in [5, 5.41) is 3.97. The second kappa shape index (κ2) is 11.3. The lowest BCUT2D eigenvalue weighted by molar-refractivity contribution is -0.129. The minimum atomic E-state index is 0.124. The van der Waals surface area contributed by atoms with Gasteiger partial charge in [0, 0.05) is 65.7 Å². The van der Waals surface area contributed by atoms with Crippen LogP contribution in [0, 0.1) is 13.8 Å². The van der Waals surface area contributed by atoms with Gasteiger partial charge in [-0.3, -0.25) is 9.78 Å². The number of pyridine rings is 2. The summed E-state index contributed by atoms with van der Waals surface area (Å²) in [6.07, 6.45) is 5.32. The zero-order valence-corrected chi connectivity index (χ0v) is 22.6. The standard InChI is InChI=1S/C27H28N6O2S2/c1-17-7-4-5-9-24(17)36-21-15-23(35-22-8-6-12-28-18(22)2)26(29-16-21)31-27-30-25(32-37-27)20-10-13-33(14-11-20)19(3)34/h4-9,12,15-16,20H,10-11,13-14H2,1-3H3,(H,29,30,31,32). The molecule has 0 bridgehead atoms. The second-order valence-corrected chi connectivity index (χ2v) is 10.8. The monoisotopic (exact) mass is 532 g/mol. The van der Waals surface area contributed by atoms with Gasteiger partial charge in [-0.05, 0) is 50.5 Å². The molecule has 0 atom stereocenters. The number of carbonyl (C=O) groups excluding carboxylic acids is 1.